The quantitative estimate of drug-likeness (QED) is 0.479. The van der Waals surface area contributed by atoms with Gasteiger partial charge < -0.3 is 5.32 Å². The molecule has 2 aromatic carbocycles. The topological polar surface area (TPSA) is 52.9 Å². The minimum absolute atomic E-state index is 0.0508. The second kappa shape index (κ2) is 10.6. The van der Waals surface area contributed by atoms with Crippen molar-refractivity contribution in [2.24, 2.45) is 0 Å². The Morgan fingerprint density at radius 3 is 2.35 bits per heavy atom. The Hall–Kier alpha value is -2.64. The number of hydrogen-bond acceptors (Lipinski definition) is 3. The first kappa shape index (κ1) is 21.6. The van der Waals surface area contributed by atoms with Gasteiger partial charge >= 0.3 is 0 Å². The normalized spacial score (nSPS) is 15.3. The number of amides is 1. The fourth-order valence-electron chi connectivity index (χ4n) is 4.62. The van der Waals surface area contributed by atoms with Crippen LogP contribution in [0.15, 0.2) is 42.5 Å². The summed E-state index contributed by atoms with van der Waals surface area (Å²) in [7, 11) is 0. The van der Waals surface area contributed by atoms with Crippen molar-refractivity contribution in [3.8, 4) is 6.07 Å². The number of nitrogens with one attached hydrogen (secondary N) is 1. The summed E-state index contributed by atoms with van der Waals surface area (Å²) in [5.74, 6) is -0.0508. The van der Waals surface area contributed by atoms with Gasteiger partial charge in [0.2, 0.25) is 5.91 Å². The fourth-order valence-corrected chi connectivity index (χ4v) is 5.88. The number of rotatable bonds is 3. The van der Waals surface area contributed by atoms with Crippen molar-refractivity contribution >= 4 is 33.0 Å². The van der Waals surface area contributed by atoms with Crippen molar-refractivity contribution in [2.45, 2.75) is 70.6 Å². The van der Waals surface area contributed by atoms with Crippen LogP contribution < -0.4 is 5.32 Å². The molecule has 3 nitrogen and oxygen atoms in total. The molecule has 3 aromatic rings. The summed E-state index contributed by atoms with van der Waals surface area (Å²) in [5, 5.41) is 16.0. The van der Waals surface area contributed by atoms with Crippen molar-refractivity contribution < 1.29 is 4.79 Å². The lowest BCUT2D eigenvalue weighted by molar-refractivity contribution is -0.115. The number of nitriles is 1. The molecule has 4 heteroatoms. The number of hydrogen-bond donors (Lipinski definition) is 1. The highest BCUT2D eigenvalue weighted by atomic mass is 32.1. The second-order valence-electron chi connectivity index (χ2n) is 8.51. The summed E-state index contributed by atoms with van der Waals surface area (Å²) < 4.78 is 0. The number of aryl methyl sites for hydroxylation is 1. The van der Waals surface area contributed by atoms with E-state index in [1.54, 1.807) is 11.3 Å². The molecule has 1 N–H and O–H groups in total. The molecule has 0 saturated carbocycles. The van der Waals surface area contributed by atoms with Gasteiger partial charge in [-0.25, -0.2) is 0 Å². The molecule has 1 aromatic heterocycles. The number of thiophene rings is 1. The van der Waals surface area contributed by atoms with Gasteiger partial charge in [0.15, 0.2) is 0 Å². The van der Waals surface area contributed by atoms with Crippen molar-refractivity contribution in [1.82, 2.24) is 0 Å². The third-order valence-electron chi connectivity index (χ3n) is 6.27. The van der Waals surface area contributed by atoms with Gasteiger partial charge in [0.25, 0.3) is 0 Å². The van der Waals surface area contributed by atoms with E-state index in [4.69, 9.17) is 0 Å². The van der Waals surface area contributed by atoms with E-state index in [-0.39, 0.29) is 5.91 Å². The zero-order valence-electron chi connectivity index (χ0n) is 18.1. The van der Waals surface area contributed by atoms with Gasteiger partial charge in [-0.3, -0.25) is 4.79 Å². The smallest absolute Gasteiger partial charge is 0.229 e. The van der Waals surface area contributed by atoms with Crippen molar-refractivity contribution in [1.29, 1.82) is 5.26 Å². The van der Waals surface area contributed by atoms with Crippen LogP contribution in [0.1, 0.15) is 72.9 Å². The van der Waals surface area contributed by atoms with Crippen LogP contribution in [-0.2, 0) is 24.1 Å². The van der Waals surface area contributed by atoms with Gasteiger partial charge in [-0.15, -0.1) is 11.3 Å². The molecule has 0 bridgehead atoms. The van der Waals surface area contributed by atoms with Crippen LogP contribution in [0, 0.1) is 11.3 Å². The minimum Gasteiger partial charge on any atom is -0.316 e. The summed E-state index contributed by atoms with van der Waals surface area (Å²) in [4.78, 5) is 14.2. The minimum atomic E-state index is -0.0508. The van der Waals surface area contributed by atoms with Gasteiger partial charge in [-0.2, -0.15) is 5.26 Å². The molecule has 4 rings (SSSR count). The molecule has 1 aliphatic rings. The van der Waals surface area contributed by atoms with E-state index in [1.807, 2.05) is 24.3 Å². The lowest BCUT2D eigenvalue weighted by Gasteiger charge is -2.08. The Balaban J connectivity index is 1.54. The molecule has 160 valence electrons. The number of carbonyl (C=O) groups is 1. The maximum absolute atomic E-state index is 12.9. The van der Waals surface area contributed by atoms with E-state index in [1.165, 1.54) is 55.4 Å². The predicted octanol–water partition coefficient (Wildman–Crippen LogP) is 7.17. The summed E-state index contributed by atoms with van der Waals surface area (Å²) in [6.07, 6.45) is 12.3. The monoisotopic (exact) mass is 430 g/mol. The van der Waals surface area contributed by atoms with E-state index in [0.717, 1.165) is 40.6 Å². The summed E-state index contributed by atoms with van der Waals surface area (Å²) in [5.41, 5.74) is 2.90. The Labute approximate surface area is 189 Å². The Bertz CT molecular complexity index is 1090. The lowest BCUT2D eigenvalue weighted by atomic mass is 9.98. The van der Waals surface area contributed by atoms with Crippen molar-refractivity contribution in [3.63, 3.8) is 0 Å². The summed E-state index contributed by atoms with van der Waals surface area (Å²) >= 11 is 1.63. The molecule has 1 heterocycles. The van der Waals surface area contributed by atoms with Crippen LogP contribution in [0.2, 0.25) is 0 Å². The molecule has 1 amide bonds. The van der Waals surface area contributed by atoms with Crippen LogP contribution in [-0.4, -0.2) is 5.91 Å². The highest BCUT2D eigenvalue weighted by Gasteiger charge is 2.20. The van der Waals surface area contributed by atoms with Gasteiger partial charge in [0.05, 0.1) is 12.0 Å². The van der Waals surface area contributed by atoms with Gasteiger partial charge in [-0.1, -0.05) is 81.0 Å². The van der Waals surface area contributed by atoms with Crippen molar-refractivity contribution in [2.75, 3.05) is 5.32 Å². The van der Waals surface area contributed by atoms with E-state index >= 15 is 0 Å². The van der Waals surface area contributed by atoms with E-state index in [0.29, 0.717) is 12.0 Å². The molecule has 0 aliphatic heterocycles. The fraction of sp³-hybridized carbons (Fsp3) is 0.407. The predicted molar refractivity (Wildman–Crippen MR) is 130 cm³/mol. The average Bonchev–Trinajstić information content (AvgIpc) is 3.09. The van der Waals surface area contributed by atoms with Crippen LogP contribution in [0.4, 0.5) is 5.00 Å². The molecular formula is C27H30N2OS. The average molecular weight is 431 g/mol. The molecule has 0 spiro atoms. The number of anilines is 1. The van der Waals surface area contributed by atoms with Crippen LogP contribution >= 0.6 is 11.3 Å². The largest absolute Gasteiger partial charge is 0.316 e. The third-order valence-corrected chi connectivity index (χ3v) is 7.47. The zero-order chi connectivity index (χ0) is 21.5. The first-order chi connectivity index (χ1) is 15.3. The van der Waals surface area contributed by atoms with Crippen LogP contribution in [0.5, 0.6) is 0 Å². The molecule has 0 radical (unpaired) electrons. The number of benzene rings is 2. The molecular weight excluding hydrogens is 400 g/mol. The summed E-state index contributed by atoms with van der Waals surface area (Å²) in [6, 6.07) is 16.6. The third kappa shape index (κ3) is 5.35. The first-order valence-corrected chi connectivity index (χ1v) is 12.4. The molecule has 0 unspecified atom stereocenters. The summed E-state index contributed by atoms with van der Waals surface area (Å²) in [6.45, 7) is 0. The van der Waals surface area contributed by atoms with Crippen LogP contribution in [0.3, 0.4) is 0 Å². The highest BCUT2D eigenvalue weighted by molar-refractivity contribution is 7.16. The van der Waals surface area contributed by atoms with Gasteiger partial charge in [0.1, 0.15) is 11.1 Å². The zero-order valence-corrected chi connectivity index (χ0v) is 18.9. The second-order valence-corrected chi connectivity index (χ2v) is 9.62. The maximum Gasteiger partial charge on any atom is 0.229 e. The number of fused-ring (bicyclic) bond motifs is 2. The maximum atomic E-state index is 12.9. The lowest BCUT2D eigenvalue weighted by Crippen LogP contribution is -2.14. The van der Waals surface area contributed by atoms with E-state index < -0.39 is 0 Å². The molecule has 0 saturated heterocycles. The molecule has 0 fully saturated rings. The standard InChI is InChI=1S/C27H30N2OS/c28-19-24-23-16-7-5-3-1-2-4-6-8-17-25(23)31-27(24)29-26(30)18-21-14-11-13-20-12-9-10-15-22(20)21/h9-15H,1-8,16-18H2,(H,29,30). The Morgan fingerprint density at radius 2 is 1.58 bits per heavy atom. The Kier molecular flexibility index (Phi) is 7.38. The number of carbonyl (C=O) groups excluding carboxylic acids is 1. The highest BCUT2D eigenvalue weighted by Crippen LogP contribution is 2.36. The van der Waals surface area contributed by atoms with E-state index in [2.05, 4.69) is 29.6 Å². The van der Waals surface area contributed by atoms with Crippen molar-refractivity contribution in [3.05, 3.63) is 64.0 Å². The Morgan fingerprint density at radius 1 is 0.903 bits per heavy atom. The van der Waals surface area contributed by atoms with Crippen LogP contribution in [0.25, 0.3) is 10.8 Å². The molecule has 0 atom stereocenters. The molecule has 31 heavy (non-hydrogen) atoms. The van der Waals surface area contributed by atoms with E-state index in [9.17, 15) is 10.1 Å². The first-order valence-electron chi connectivity index (χ1n) is 11.6. The SMILES string of the molecule is N#Cc1c(NC(=O)Cc2cccc3ccccc23)sc2c1CCCCCCCCCC2. The van der Waals surface area contributed by atoms with Gasteiger partial charge in [-0.05, 0) is 47.6 Å². The molecule has 1 aliphatic carbocycles. The van der Waals surface area contributed by atoms with Gasteiger partial charge in [0, 0.05) is 4.88 Å². The number of nitrogens with zero attached hydrogens (tertiary/aromatic N) is 1.